The van der Waals surface area contributed by atoms with E-state index in [9.17, 15) is 14.7 Å². The molecular formula is C23H28O4. The van der Waals surface area contributed by atoms with E-state index in [1.807, 2.05) is 24.3 Å². The Morgan fingerprint density at radius 2 is 1.78 bits per heavy atom. The fourth-order valence-electron chi connectivity index (χ4n) is 2.94. The average molecular weight is 368 g/mol. The molecule has 0 amide bonds. The predicted molar refractivity (Wildman–Crippen MR) is 109 cm³/mol. The number of allylic oxidation sites excluding steroid dienone is 7. The first-order valence-electron chi connectivity index (χ1n) is 8.90. The highest BCUT2D eigenvalue weighted by atomic mass is 16.4. The number of aromatic carboxylic acids is 2. The molecule has 0 unspecified atom stereocenters. The summed E-state index contributed by atoms with van der Waals surface area (Å²) >= 11 is 0. The van der Waals surface area contributed by atoms with Gasteiger partial charge in [-0.15, -0.1) is 0 Å². The second-order valence-corrected chi connectivity index (χ2v) is 7.07. The first-order chi connectivity index (χ1) is 12.6. The zero-order valence-corrected chi connectivity index (χ0v) is 16.5. The molecule has 0 aliphatic carbocycles. The molecule has 27 heavy (non-hydrogen) atoms. The molecule has 0 bridgehead atoms. The van der Waals surface area contributed by atoms with E-state index in [0.29, 0.717) is 17.9 Å². The highest BCUT2D eigenvalue weighted by Crippen LogP contribution is 2.22. The van der Waals surface area contributed by atoms with Crippen molar-refractivity contribution in [3.63, 3.8) is 0 Å². The highest BCUT2D eigenvalue weighted by molar-refractivity contribution is 5.97. The second-order valence-electron chi connectivity index (χ2n) is 7.07. The summed E-state index contributed by atoms with van der Waals surface area (Å²) in [6, 6.07) is 2.99. The quantitative estimate of drug-likeness (QED) is 0.557. The second kappa shape index (κ2) is 10.3. The number of carboxylic acid groups (broad SMARTS) is 2. The molecule has 144 valence electrons. The van der Waals surface area contributed by atoms with E-state index >= 15 is 0 Å². The first kappa shape index (κ1) is 22.2. The van der Waals surface area contributed by atoms with Crippen molar-refractivity contribution in [1.29, 1.82) is 0 Å². The van der Waals surface area contributed by atoms with Crippen LogP contribution in [0, 0.1) is 12.8 Å². The van der Waals surface area contributed by atoms with Crippen LogP contribution in [0.2, 0.25) is 0 Å². The number of hydrogen-bond donors (Lipinski definition) is 2. The molecule has 0 spiro atoms. The molecule has 1 rings (SSSR count). The summed E-state index contributed by atoms with van der Waals surface area (Å²) < 4.78 is 0. The van der Waals surface area contributed by atoms with E-state index in [0.717, 1.165) is 12.0 Å². The zero-order chi connectivity index (χ0) is 20.6. The fraction of sp³-hybridized carbons (Fsp3) is 0.304. The Hall–Kier alpha value is -2.88. The third-order valence-electron chi connectivity index (χ3n) is 4.08. The molecule has 4 heteroatoms. The third-order valence-corrected chi connectivity index (χ3v) is 4.08. The van der Waals surface area contributed by atoms with Gasteiger partial charge in [-0.2, -0.15) is 0 Å². The average Bonchev–Trinajstić information content (AvgIpc) is 2.53. The van der Waals surface area contributed by atoms with Gasteiger partial charge in [0, 0.05) is 0 Å². The van der Waals surface area contributed by atoms with Crippen molar-refractivity contribution in [2.75, 3.05) is 0 Å². The van der Waals surface area contributed by atoms with Crippen molar-refractivity contribution in [3.05, 3.63) is 82.5 Å². The minimum absolute atomic E-state index is 0.00351. The van der Waals surface area contributed by atoms with Gasteiger partial charge < -0.3 is 10.2 Å². The van der Waals surface area contributed by atoms with E-state index in [1.54, 1.807) is 6.07 Å². The number of carbonyl (C=O) groups is 2. The minimum atomic E-state index is -1.13. The van der Waals surface area contributed by atoms with Crippen LogP contribution in [0.15, 0.2) is 60.2 Å². The van der Waals surface area contributed by atoms with Crippen molar-refractivity contribution in [1.82, 2.24) is 0 Å². The Bertz CT molecular complexity index is 808. The van der Waals surface area contributed by atoms with Gasteiger partial charge in [0.05, 0.1) is 11.1 Å². The molecule has 0 radical (unpaired) electrons. The summed E-state index contributed by atoms with van der Waals surface area (Å²) in [4.78, 5) is 22.8. The summed E-state index contributed by atoms with van der Waals surface area (Å²) in [6.45, 7) is 11.9. The maximum atomic E-state index is 11.6. The van der Waals surface area contributed by atoms with Crippen LogP contribution in [0.4, 0.5) is 0 Å². The lowest BCUT2D eigenvalue weighted by atomic mass is 9.93. The van der Waals surface area contributed by atoms with Crippen molar-refractivity contribution in [2.45, 2.75) is 40.5 Å². The number of carboxylic acids is 2. The molecule has 0 heterocycles. The molecule has 1 aromatic carbocycles. The van der Waals surface area contributed by atoms with Crippen LogP contribution in [-0.2, 0) is 6.42 Å². The zero-order valence-electron chi connectivity index (χ0n) is 16.5. The summed E-state index contributed by atoms with van der Waals surface area (Å²) in [5, 5.41) is 18.6. The monoisotopic (exact) mass is 368 g/mol. The van der Waals surface area contributed by atoms with E-state index in [2.05, 4.69) is 33.4 Å². The van der Waals surface area contributed by atoms with Gasteiger partial charge in [0.25, 0.3) is 0 Å². The SMILES string of the molecule is C=C(C=CC=CC=C(C)CC(C)C)Cc1ccc(C(=O)O)c(C)c1C(=O)O. The molecule has 0 aliphatic rings. The van der Waals surface area contributed by atoms with E-state index in [4.69, 9.17) is 5.11 Å². The summed E-state index contributed by atoms with van der Waals surface area (Å²) in [5.74, 6) is -1.64. The largest absolute Gasteiger partial charge is 0.478 e. The lowest BCUT2D eigenvalue weighted by molar-refractivity contribution is 0.0695. The van der Waals surface area contributed by atoms with Gasteiger partial charge in [0.2, 0.25) is 0 Å². The van der Waals surface area contributed by atoms with E-state index < -0.39 is 11.9 Å². The molecule has 0 fully saturated rings. The standard InChI is InChI=1S/C23H28O4/c1-15(2)13-16(3)9-7-6-8-10-17(4)14-19-11-12-20(22(24)25)18(5)21(19)23(26)27/h6-12,15H,4,13-14H2,1-3,5H3,(H,24,25)(H,26,27). The molecule has 0 atom stereocenters. The molecule has 0 aliphatic heterocycles. The van der Waals surface area contributed by atoms with Gasteiger partial charge in [-0.25, -0.2) is 9.59 Å². The predicted octanol–water partition coefficient (Wildman–Crippen LogP) is 5.59. The number of rotatable bonds is 9. The summed E-state index contributed by atoms with van der Waals surface area (Å²) in [7, 11) is 0. The van der Waals surface area contributed by atoms with Crippen LogP contribution in [0.25, 0.3) is 0 Å². The number of hydrogen-bond acceptors (Lipinski definition) is 2. The van der Waals surface area contributed by atoms with Gasteiger partial charge in [0.1, 0.15) is 0 Å². The van der Waals surface area contributed by atoms with Crippen LogP contribution in [-0.4, -0.2) is 22.2 Å². The molecule has 2 N–H and O–H groups in total. The van der Waals surface area contributed by atoms with Gasteiger partial charge in [-0.3, -0.25) is 0 Å². The Balaban J connectivity index is 2.87. The molecule has 4 nitrogen and oxygen atoms in total. The summed E-state index contributed by atoms with van der Waals surface area (Å²) in [6.07, 6.45) is 11.0. The lowest BCUT2D eigenvalue weighted by Gasteiger charge is -2.11. The third kappa shape index (κ3) is 7.10. The van der Waals surface area contributed by atoms with Crippen LogP contribution in [0.5, 0.6) is 0 Å². The minimum Gasteiger partial charge on any atom is -0.478 e. The Morgan fingerprint density at radius 3 is 2.33 bits per heavy atom. The van der Waals surface area contributed by atoms with Crippen LogP contribution < -0.4 is 0 Å². The first-order valence-corrected chi connectivity index (χ1v) is 8.90. The van der Waals surface area contributed by atoms with Gasteiger partial charge in [0.15, 0.2) is 0 Å². The van der Waals surface area contributed by atoms with Crippen molar-refractivity contribution in [3.8, 4) is 0 Å². The van der Waals surface area contributed by atoms with Crippen molar-refractivity contribution >= 4 is 11.9 Å². The molecule has 0 saturated heterocycles. The van der Waals surface area contributed by atoms with Crippen molar-refractivity contribution in [2.24, 2.45) is 5.92 Å². The molecule has 0 aromatic heterocycles. The van der Waals surface area contributed by atoms with Crippen LogP contribution in [0.1, 0.15) is 59.0 Å². The maximum Gasteiger partial charge on any atom is 0.336 e. The van der Waals surface area contributed by atoms with Gasteiger partial charge in [-0.05, 0) is 49.8 Å². The topological polar surface area (TPSA) is 74.6 Å². The fourth-order valence-corrected chi connectivity index (χ4v) is 2.94. The van der Waals surface area contributed by atoms with Crippen molar-refractivity contribution < 1.29 is 19.8 Å². The van der Waals surface area contributed by atoms with Crippen LogP contribution >= 0.6 is 0 Å². The van der Waals surface area contributed by atoms with Crippen LogP contribution in [0.3, 0.4) is 0 Å². The molecule has 0 saturated carbocycles. The maximum absolute atomic E-state index is 11.6. The normalized spacial score (nSPS) is 12.3. The highest BCUT2D eigenvalue weighted by Gasteiger charge is 2.19. The smallest absolute Gasteiger partial charge is 0.336 e. The van der Waals surface area contributed by atoms with Gasteiger partial charge >= 0.3 is 11.9 Å². The van der Waals surface area contributed by atoms with Gasteiger partial charge in [-0.1, -0.05) is 68.0 Å². The van der Waals surface area contributed by atoms with E-state index in [1.165, 1.54) is 18.6 Å². The molecule has 1 aromatic rings. The molecular weight excluding hydrogens is 340 g/mol. The lowest BCUT2D eigenvalue weighted by Crippen LogP contribution is -2.11. The Morgan fingerprint density at radius 1 is 1.11 bits per heavy atom. The van der Waals surface area contributed by atoms with E-state index in [-0.39, 0.29) is 16.7 Å². The summed E-state index contributed by atoms with van der Waals surface area (Å²) in [5.41, 5.74) is 2.91. The Kier molecular flexibility index (Phi) is 8.46. The number of benzene rings is 1. The Labute approximate surface area is 161 Å².